The fourth-order valence-electron chi connectivity index (χ4n) is 6.58. The van der Waals surface area contributed by atoms with Gasteiger partial charge in [-0.3, -0.25) is 0 Å². The second-order valence-corrected chi connectivity index (χ2v) is 11.7. The molecule has 4 fully saturated rings. The normalized spacial score (nSPS) is 32.3. The Bertz CT molecular complexity index is 979. The quantitative estimate of drug-likeness (QED) is 0.446. The second-order valence-electron chi connectivity index (χ2n) is 11.7. The summed E-state index contributed by atoms with van der Waals surface area (Å²) in [6.45, 7) is 0.618. The van der Waals surface area contributed by atoms with Gasteiger partial charge in [0.1, 0.15) is 13.2 Å². The first-order valence-corrected chi connectivity index (χ1v) is 13.6. The van der Waals surface area contributed by atoms with Crippen LogP contribution in [0.3, 0.4) is 0 Å². The van der Waals surface area contributed by atoms with Gasteiger partial charge in [-0.15, -0.1) is 0 Å². The Morgan fingerprint density at radius 2 is 0.974 bits per heavy atom. The molecule has 38 heavy (non-hydrogen) atoms. The molecule has 0 unspecified atom stereocenters. The van der Waals surface area contributed by atoms with Gasteiger partial charge in [0.25, 0.3) is 0 Å². The smallest absolute Gasteiger partial charge is 0.407 e. The van der Waals surface area contributed by atoms with Crippen LogP contribution in [0.4, 0.5) is 9.59 Å². The van der Waals surface area contributed by atoms with Crippen molar-refractivity contribution in [3.63, 3.8) is 0 Å². The van der Waals surface area contributed by atoms with Gasteiger partial charge in [0.05, 0.1) is 12.2 Å². The molecule has 2 aromatic rings. The second kappa shape index (κ2) is 11.3. The average Bonchev–Trinajstić information content (AvgIpc) is 2.83. The molecule has 0 aromatic heterocycles. The first-order chi connectivity index (χ1) is 18.3. The van der Waals surface area contributed by atoms with Crippen molar-refractivity contribution >= 4 is 12.2 Å². The Labute approximate surface area is 223 Å². The molecule has 204 valence electrons. The predicted molar refractivity (Wildman–Crippen MR) is 141 cm³/mol. The minimum atomic E-state index is -0.344. The third-order valence-electron chi connectivity index (χ3n) is 8.46. The topological polar surface area (TPSA) is 117 Å². The third kappa shape index (κ3) is 6.66. The summed E-state index contributed by atoms with van der Waals surface area (Å²) in [5.41, 5.74) is 2.61. The minimum Gasteiger partial charge on any atom is -0.445 e. The predicted octanol–water partition coefficient (Wildman–Crippen LogP) is 4.43. The molecule has 4 aliphatic rings. The lowest BCUT2D eigenvalue weighted by Gasteiger charge is -2.56. The van der Waals surface area contributed by atoms with Gasteiger partial charge in [0.15, 0.2) is 0 Å². The molecular formula is C30H38N2O6. The third-order valence-corrected chi connectivity index (χ3v) is 8.46. The summed E-state index contributed by atoms with van der Waals surface area (Å²) in [4.78, 5) is 23.2. The van der Waals surface area contributed by atoms with Crippen molar-refractivity contribution in [3.05, 3.63) is 71.8 Å². The van der Waals surface area contributed by atoms with Crippen LogP contribution in [0.1, 0.15) is 62.5 Å². The number of aliphatic hydroxyl groups excluding tert-OH is 2. The number of nitrogens with one attached hydrogen (secondary N) is 2. The van der Waals surface area contributed by atoms with Crippen LogP contribution in [-0.2, 0) is 22.7 Å². The van der Waals surface area contributed by atoms with Gasteiger partial charge in [0, 0.05) is 12.1 Å². The van der Waals surface area contributed by atoms with Crippen LogP contribution in [0.2, 0.25) is 0 Å². The monoisotopic (exact) mass is 522 g/mol. The van der Waals surface area contributed by atoms with Gasteiger partial charge in [0.2, 0.25) is 0 Å². The van der Waals surface area contributed by atoms with Gasteiger partial charge in [-0.1, -0.05) is 60.7 Å². The Morgan fingerprint density at radius 1 is 0.632 bits per heavy atom. The first kappa shape index (κ1) is 26.5. The molecule has 2 spiro atoms. The van der Waals surface area contributed by atoms with E-state index in [1.165, 1.54) is 0 Å². The van der Waals surface area contributed by atoms with E-state index in [0.717, 1.165) is 62.5 Å². The van der Waals surface area contributed by atoms with Gasteiger partial charge >= 0.3 is 12.2 Å². The summed E-state index contributed by atoms with van der Waals surface area (Å²) in [6, 6.07) is 19.7. The van der Waals surface area contributed by atoms with E-state index in [2.05, 4.69) is 10.6 Å². The summed E-state index contributed by atoms with van der Waals surface area (Å²) in [5, 5.41) is 24.4. The Balaban J connectivity index is 0.000000155. The van der Waals surface area contributed by atoms with Gasteiger partial charge in [-0.25, -0.2) is 9.59 Å². The minimum absolute atomic E-state index is 0.119. The lowest BCUT2D eigenvalue weighted by molar-refractivity contribution is -0.0963. The molecule has 4 saturated carbocycles. The number of hydrogen-bond acceptors (Lipinski definition) is 6. The molecule has 0 aliphatic heterocycles. The van der Waals surface area contributed by atoms with Crippen LogP contribution >= 0.6 is 0 Å². The highest BCUT2D eigenvalue weighted by Crippen LogP contribution is 2.56. The van der Waals surface area contributed by atoms with E-state index < -0.39 is 0 Å². The number of carbonyl (C=O) groups is 2. The molecule has 0 bridgehead atoms. The largest absolute Gasteiger partial charge is 0.445 e. The molecule has 8 nitrogen and oxygen atoms in total. The van der Waals surface area contributed by atoms with E-state index in [0.29, 0.717) is 24.0 Å². The summed E-state index contributed by atoms with van der Waals surface area (Å²) < 4.78 is 10.4. The van der Waals surface area contributed by atoms with Crippen LogP contribution in [0.15, 0.2) is 60.7 Å². The lowest BCUT2D eigenvalue weighted by atomic mass is 9.53. The van der Waals surface area contributed by atoms with Crippen LogP contribution < -0.4 is 10.6 Å². The van der Waals surface area contributed by atoms with Gasteiger partial charge in [-0.2, -0.15) is 0 Å². The zero-order valence-electron chi connectivity index (χ0n) is 21.7. The number of benzene rings is 2. The van der Waals surface area contributed by atoms with E-state index in [-0.39, 0.29) is 36.5 Å². The molecule has 0 atom stereocenters. The molecule has 4 N–H and O–H groups in total. The van der Waals surface area contributed by atoms with E-state index in [4.69, 9.17) is 9.47 Å². The van der Waals surface area contributed by atoms with Crippen LogP contribution in [0.25, 0.3) is 0 Å². The highest BCUT2D eigenvalue weighted by Gasteiger charge is 2.53. The molecule has 2 amide bonds. The molecule has 2 aromatic carbocycles. The zero-order chi connectivity index (χ0) is 26.6. The van der Waals surface area contributed by atoms with Crippen molar-refractivity contribution in [1.29, 1.82) is 0 Å². The standard InChI is InChI=1S/2C15H19NO3/c2*17-13-8-15(9-13)6-12(7-15)16-14(18)19-10-11-4-2-1-3-5-11/h2*1-5,12-13,17H,6-10H2,(H,16,18). The van der Waals surface area contributed by atoms with Crippen LogP contribution in [0, 0.1) is 10.8 Å². The first-order valence-electron chi connectivity index (χ1n) is 13.6. The summed E-state index contributed by atoms with van der Waals surface area (Å²) in [7, 11) is 0. The summed E-state index contributed by atoms with van der Waals surface area (Å²) in [6.07, 6.45) is 6.55. The van der Waals surface area contributed by atoms with E-state index in [1.807, 2.05) is 60.7 Å². The number of amides is 2. The maximum Gasteiger partial charge on any atom is 0.407 e. The number of alkyl carbamates (subject to hydrolysis) is 2. The molecule has 0 heterocycles. The molecule has 0 saturated heterocycles. The maximum absolute atomic E-state index is 11.6. The number of rotatable bonds is 6. The fourth-order valence-corrected chi connectivity index (χ4v) is 6.58. The SMILES string of the molecule is O=C(NC1CC2(CC(O)C2)C1)OCc1ccccc1.O=C(NC1CC2(CC(O)C2)C1)OCc1ccccc1. The van der Waals surface area contributed by atoms with Crippen molar-refractivity contribution < 1.29 is 29.3 Å². The Kier molecular flexibility index (Phi) is 7.91. The zero-order valence-corrected chi connectivity index (χ0v) is 21.7. The highest BCUT2D eigenvalue weighted by atomic mass is 16.6. The summed E-state index contributed by atoms with van der Waals surface area (Å²) >= 11 is 0. The lowest BCUT2D eigenvalue weighted by Crippen LogP contribution is -2.57. The van der Waals surface area contributed by atoms with Gasteiger partial charge in [-0.05, 0) is 73.3 Å². The molecule has 0 radical (unpaired) electrons. The number of hydrogen-bond donors (Lipinski definition) is 4. The van der Waals surface area contributed by atoms with Crippen LogP contribution in [0.5, 0.6) is 0 Å². The summed E-state index contributed by atoms with van der Waals surface area (Å²) in [5.74, 6) is 0. The van der Waals surface area contributed by atoms with Crippen molar-refractivity contribution in [3.8, 4) is 0 Å². The number of aliphatic hydroxyl groups is 2. The number of carbonyl (C=O) groups excluding carboxylic acids is 2. The van der Waals surface area contributed by atoms with Gasteiger partial charge < -0.3 is 30.3 Å². The fraction of sp³-hybridized carbons (Fsp3) is 0.533. The van der Waals surface area contributed by atoms with Crippen LogP contribution in [-0.4, -0.2) is 46.7 Å². The molecule has 4 aliphatic carbocycles. The number of ether oxygens (including phenoxy) is 2. The van der Waals surface area contributed by atoms with E-state index in [1.54, 1.807) is 0 Å². The molecular weight excluding hydrogens is 484 g/mol. The average molecular weight is 523 g/mol. The van der Waals surface area contributed by atoms with Crippen molar-refractivity contribution in [2.75, 3.05) is 0 Å². The Hall–Kier alpha value is -3.10. The van der Waals surface area contributed by atoms with E-state index >= 15 is 0 Å². The van der Waals surface area contributed by atoms with Crippen molar-refractivity contribution in [2.45, 2.75) is 88.9 Å². The Morgan fingerprint density at radius 3 is 1.29 bits per heavy atom. The van der Waals surface area contributed by atoms with E-state index in [9.17, 15) is 19.8 Å². The molecule has 8 heteroatoms. The van der Waals surface area contributed by atoms with Crippen molar-refractivity contribution in [1.82, 2.24) is 10.6 Å². The highest BCUT2D eigenvalue weighted by molar-refractivity contribution is 5.68. The maximum atomic E-state index is 11.6. The molecule has 6 rings (SSSR count). The van der Waals surface area contributed by atoms with Crippen molar-refractivity contribution in [2.24, 2.45) is 10.8 Å².